The maximum Gasteiger partial charge on any atom is 0.227 e. The van der Waals surface area contributed by atoms with Gasteiger partial charge in [0.05, 0.1) is 22.5 Å². The lowest BCUT2D eigenvalue weighted by Gasteiger charge is -2.44. The van der Waals surface area contributed by atoms with E-state index >= 15 is 0 Å². The number of hydrogen-bond acceptors (Lipinski definition) is 3. The predicted octanol–water partition coefficient (Wildman–Crippen LogP) is 4.58. The van der Waals surface area contributed by atoms with Crippen molar-refractivity contribution in [2.24, 2.45) is 5.73 Å². The fourth-order valence-electron chi connectivity index (χ4n) is 4.45. The number of nitrogens with two attached hydrogens (primary N) is 1. The highest BCUT2D eigenvalue weighted by molar-refractivity contribution is 6.42. The van der Waals surface area contributed by atoms with E-state index in [1.807, 2.05) is 24.1 Å². The van der Waals surface area contributed by atoms with Gasteiger partial charge in [-0.1, -0.05) is 42.4 Å². The Morgan fingerprint density at radius 3 is 2.62 bits per heavy atom. The van der Waals surface area contributed by atoms with Crippen LogP contribution in [-0.4, -0.2) is 47.9 Å². The molecule has 1 aromatic rings. The molecule has 2 atom stereocenters. The summed E-state index contributed by atoms with van der Waals surface area (Å²) in [4.78, 5) is 17.6. The predicted molar refractivity (Wildman–Crippen MR) is 121 cm³/mol. The lowest BCUT2D eigenvalue weighted by molar-refractivity contribution is -0.132. The lowest BCUT2D eigenvalue weighted by Crippen LogP contribution is -2.54. The highest BCUT2D eigenvalue weighted by Crippen LogP contribution is 2.36. The number of benzene rings is 1. The third-order valence-corrected chi connectivity index (χ3v) is 6.67. The first-order chi connectivity index (χ1) is 13.8. The number of amides is 1. The minimum atomic E-state index is -0.0927. The standard InChI is InChI=1S/C23H29Cl2N3O/c1-15-6-9-21(28-10-4-5-11-28)23(18(15)12-16(2)26)27(3)22(29)14-17-7-8-19(24)20(25)13-17/h7-8,12-13,21,23H,1-2,4-6,9-11,14,26H2,3H3/b18-12+. The molecule has 1 aliphatic carbocycles. The van der Waals surface area contributed by atoms with Gasteiger partial charge in [0, 0.05) is 18.8 Å². The van der Waals surface area contributed by atoms with Crippen molar-refractivity contribution in [3.8, 4) is 0 Å². The van der Waals surface area contributed by atoms with E-state index in [-0.39, 0.29) is 24.4 Å². The molecule has 2 unspecified atom stereocenters. The molecule has 1 aromatic carbocycles. The molecule has 2 aliphatic rings. The minimum absolute atomic E-state index is 0.0285. The van der Waals surface area contributed by atoms with Crippen LogP contribution in [0.3, 0.4) is 0 Å². The molecule has 0 spiro atoms. The summed E-state index contributed by atoms with van der Waals surface area (Å²) in [5.41, 5.74) is 9.30. The summed E-state index contributed by atoms with van der Waals surface area (Å²) in [5, 5.41) is 0.946. The van der Waals surface area contributed by atoms with Gasteiger partial charge in [-0.3, -0.25) is 9.69 Å². The minimum Gasteiger partial charge on any atom is -0.399 e. The van der Waals surface area contributed by atoms with Gasteiger partial charge in [-0.2, -0.15) is 0 Å². The van der Waals surface area contributed by atoms with Crippen molar-refractivity contribution < 1.29 is 4.79 Å². The zero-order chi connectivity index (χ0) is 21.1. The molecule has 1 amide bonds. The molecule has 6 heteroatoms. The smallest absolute Gasteiger partial charge is 0.227 e. The van der Waals surface area contributed by atoms with Crippen molar-refractivity contribution >= 4 is 29.1 Å². The molecule has 1 aliphatic heterocycles. The van der Waals surface area contributed by atoms with E-state index in [2.05, 4.69) is 18.1 Å². The van der Waals surface area contributed by atoms with Crippen LogP contribution in [0.25, 0.3) is 0 Å². The highest BCUT2D eigenvalue weighted by Gasteiger charge is 2.39. The van der Waals surface area contributed by atoms with E-state index in [1.165, 1.54) is 12.8 Å². The molecule has 0 aromatic heterocycles. The van der Waals surface area contributed by atoms with Crippen LogP contribution in [0.1, 0.15) is 31.2 Å². The Hall–Kier alpha value is -1.75. The molecule has 0 radical (unpaired) electrons. The van der Waals surface area contributed by atoms with Gasteiger partial charge in [-0.25, -0.2) is 0 Å². The van der Waals surface area contributed by atoms with Crippen molar-refractivity contribution in [3.05, 3.63) is 69.9 Å². The first kappa shape index (κ1) is 21.9. The molecule has 4 nitrogen and oxygen atoms in total. The summed E-state index contributed by atoms with van der Waals surface area (Å²) in [6, 6.07) is 5.50. The normalized spacial score (nSPS) is 24.1. The van der Waals surface area contributed by atoms with Gasteiger partial charge in [-0.15, -0.1) is 0 Å². The van der Waals surface area contributed by atoms with Crippen molar-refractivity contribution in [3.63, 3.8) is 0 Å². The first-order valence-electron chi connectivity index (χ1n) is 10.1. The van der Waals surface area contributed by atoms with E-state index in [9.17, 15) is 4.79 Å². The molecule has 29 heavy (non-hydrogen) atoms. The molecular weight excluding hydrogens is 405 g/mol. The Bertz CT molecular complexity index is 843. The van der Waals surface area contributed by atoms with Crippen LogP contribution in [0.15, 0.2) is 54.3 Å². The zero-order valence-corrected chi connectivity index (χ0v) is 18.5. The van der Waals surface area contributed by atoms with E-state index in [0.29, 0.717) is 15.7 Å². The van der Waals surface area contributed by atoms with Crippen LogP contribution in [0, 0.1) is 0 Å². The average Bonchev–Trinajstić information content (AvgIpc) is 3.20. The van der Waals surface area contributed by atoms with E-state index in [4.69, 9.17) is 28.9 Å². The monoisotopic (exact) mass is 433 g/mol. The third-order valence-electron chi connectivity index (χ3n) is 5.93. The number of likely N-dealkylation sites (tertiary alicyclic amines) is 1. The topological polar surface area (TPSA) is 49.6 Å². The molecule has 3 rings (SSSR count). The zero-order valence-electron chi connectivity index (χ0n) is 17.0. The molecule has 1 heterocycles. The Morgan fingerprint density at radius 1 is 1.31 bits per heavy atom. The SMILES string of the molecule is C=C(N)/C=C1\C(=C)CCC(N2CCCC2)C1N(C)C(=O)Cc1ccc(Cl)c(Cl)c1. The number of carbonyl (C=O) groups excluding carboxylic acids is 1. The molecule has 2 N–H and O–H groups in total. The fourth-order valence-corrected chi connectivity index (χ4v) is 4.77. The van der Waals surface area contributed by atoms with Crippen LogP contribution in [0.4, 0.5) is 0 Å². The van der Waals surface area contributed by atoms with Gasteiger partial charge in [0.2, 0.25) is 5.91 Å². The van der Waals surface area contributed by atoms with Crippen LogP contribution in [0.2, 0.25) is 10.0 Å². The number of rotatable bonds is 5. The van der Waals surface area contributed by atoms with Gasteiger partial charge in [0.25, 0.3) is 0 Å². The van der Waals surface area contributed by atoms with Gasteiger partial charge in [0.1, 0.15) is 0 Å². The summed E-state index contributed by atoms with van der Waals surface area (Å²) in [7, 11) is 1.87. The molecule has 1 saturated heterocycles. The lowest BCUT2D eigenvalue weighted by atomic mass is 9.80. The maximum absolute atomic E-state index is 13.2. The largest absolute Gasteiger partial charge is 0.399 e. The second-order valence-electron chi connectivity index (χ2n) is 8.00. The highest BCUT2D eigenvalue weighted by atomic mass is 35.5. The van der Waals surface area contributed by atoms with Gasteiger partial charge in [0.15, 0.2) is 0 Å². The van der Waals surface area contributed by atoms with E-state index in [0.717, 1.165) is 42.6 Å². The molecule has 156 valence electrons. The quantitative estimate of drug-likeness (QED) is 0.738. The molecule has 0 bridgehead atoms. The van der Waals surface area contributed by atoms with E-state index < -0.39 is 0 Å². The fraction of sp³-hybridized carbons (Fsp3) is 0.435. The van der Waals surface area contributed by atoms with Gasteiger partial charge in [-0.05, 0) is 73.7 Å². The van der Waals surface area contributed by atoms with Gasteiger partial charge >= 0.3 is 0 Å². The van der Waals surface area contributed by atoms with Crippen LogP contribution < -0.4 is 5.73 Å². The van der Waals surface area contributed by atoms with Crippen molar-refractivity contribution in [1.29, 1.82) is 0 Å². The number of likely N-dealkylation sites (N-methyl/N-ethyl adjacent to an activating group) is 1. The summed E-state index contributed by atoms with van der Waals surface area (Å²) >= 11 is 12.1. The number of carbonyl (C=O) groups is 1. The number of hydrogen-bond donors (Lipinski definition) is 1. The van der Waals surface area contributed by atoms with Crippen molar-refractivity contribution in [1.82, 2.24) is 9.80 Å². The Labute approximate surface area is 183 Å². The maximum atomic E-state index is 13.2. The van der Waals surface area contributed by atoms with Crippen molar-refractivity contribution in [2.75, 3.05) is 20.1 Å². The number of halogens is 2. The Kier molecular flexibility index (Phi) is 7.10. The van der Waals surface area contributed by atoms with Crippen LogP contribution in [0.5, 0.6) is 0 Å². The molecule has 1 saturated carbocycles. The first-order valence-corrected chi connectivity index (χ1v) is 10.8. The summed E-state index contributed by atoms with van der Waals surface area (Å²) < 4.78 is 0. The summed E-state index contributed by atoms with van der Waals surface area (Å²) in [6.07, 6.45) is 6.45. The number of allylic oxidation sites excluding steroid dienone is 1. The summed E-state index contributed by atoms with van der Waals surface area (Å²) in [6.45, 7) is 10.2. The molecule has 2 fully saturated rings. The summed E-state index contributed by atoms with van der Waals surface area (Å²) in [5.74, 6) is 0.0285. The Balaban J connectivity index is 1.89. The van der Waals surface area contributed by atoms with Gasteiger partial charge < -0.3 is 10.6 Å². The second-order valence-corrected chi connectivity index (χ2v) is 8.82. The van der Waals surface area contributed by atoms with Crippen molar-refractivity contribution in [2.45, 2.75) is 44.2 Å². The molecular formula is C23H29Cl2N3O. The third kappa shape index (κ3) is 5.06. The number of nitrogens with zero attached hydrogens (tertiary/aromatic N) is 2. The van der Waals surface area contributed by atoms with E-state index in [1.54, 1.807) is 12.1 Å². The Morgan fingerprint density at radius 2 is 2.00 bits per heavy atom. The van der Waals surface area contributed by atoms with Crippen LogP contribution in [-0.2, 0) is 11.2 Å². The average molecular weight is 434 g/mol. The second kappa shape index (κ2) is 9.38. The van der Waals surface area contributed by atoms with Crippen LogP contribution >= 0.6 is 23.2 Å².